The first-order valence-corrected chi connectivity index (χ1v) is 5.39. The minimum atomic E-state index is -4.35. The second kappa shape index (κ2) is 5.75. The van der Waals surface area contributed by atoms with Crippen LogP contribution in [0, 0.1) is 0 Å². The molecule has 0 aliphatic heterocycles. The van der Waals surface area contributed by atoms with Gasteiger partial charge in [0.2, 0.25) is 0 Å². The van der Waals surface area contributed by atoms with Crippen LogP contribution in [0.1, 0.15) is 19.4 Å². The highest BCUT2D eigenvalue weighted by Gasteiger charge is 2.29. The maximum atomic E-state index is 12.3. The Morgan fingerprint density at radius 2 is 1.83 bits per heavy atom. The molecule has 1 N–H and O–H groups in total. The van der Waals surface area contributed by atoms with Crippen LogP contribution in [-0.4, -0.2) is 18.6 Å². The number of hydrogen-bond acceptors (Lipinski definition) is 3. The zero-order valence-corrected chi connectivity index (χ0v) is 10.0. The zero-order chi connectivity index (χ0) is 13.8. The van der Waals surface area contributed by atoms with Crippen molar-refractivity contribution in [1.82, 2.24) is 0 Å². The largest absolute Gasteiger partial charge is 0.462 e. The van der Waals surface area contributed by atoms with Gasteiger partial charge in [0, 0.05) is 5.69 Å². The molecule has 3 nitrogen and oxygen atoms in total. The number of nitrogens with one attached hydrogen (secondary N) is 1. The molecule has 0 saturated heterocycles. The fraction of sp³-hybridized carbons (Fsp3) is 0.417. The number of benzene rings is 1. The fourth-order valence-electron chi connectivity index (χ4n) is 1.26. The molecule has 0 saturated carbocycles. The first-order valence-electron chi connectivity index (χ1n) is 5.39. The summed E-state index contributed by atoms with van der Waals surface area (Å²) in [6.07, 6.45) is -4.57. The van der Waals surface area contributed by atoms with E-state index in [9.17, 15) is 18.0 Å². The van der Waals surface area contributed by atoms with E-state index in [2.05, 4.69) is 5.32 Å². The molecular formula is C12H14F3NO2. The molecule has 0 bridgehead atoms. The van der Waals surface area contributed by atoms with Crippen LogP contribution in [0.4, 0.5) is 18.9 Å². The highest BCUT2D eigenvalue weighted by molar-refractivity contribution is 5.75. The average Bonchev–Trinajstić information content (AvgIpc) is 2.25. The van der Waals surface area contributed by atoms with Crippen molar-refractivity contribution in [1.29, 1.82) is 0 Å². The summed E-state index contributed by atoms with van der Waals surface area (Å²) in [5.41, 5.74) is -0.290. The Bertz CT molecular complexity index is 399. The molecule has 0 aliphatic rings. The van der Waals surface area contributed by atoms with E-state index in [0.29, 0.717) is 5.69 Å². The van der Waals surface area contributed by atoms with Gasteiger partial charge >= 0.3 is 12.1 Å². The van der Waals surface area contributed by atoms with Crippen molar-refractivity contribution >= 4 is 11.7 Å². The lowest BCUT2D eigenvalue weighted by molar-refractivity contribution is -0.145. The number of carbonyl (C=O) groups is 1. The van der Waals surface area contributed by atoms with E-state index in [1.54, 1.807) is 13.8 Å². The Morgan fingerprint density at radius 3 is 2.28 bits per heavy atom. The van der Waals surface area contributed by atoms with Crippen LogP contribution in [0.15, 0.2) is 24.3 Å². The molecule has 0 heterocycles. The first-order chi connectivity index (χ1) is 8.29. The Hall–Kier alpha value is -1.72. The van der Waals surface area contributed by atoms with Gasteiger partial charge in [-0.1, -0.05) is 0 Å². The van der Waals surface area contributed by atoms with Gasteiger partial charge in [-0.25, -0.2) is 0 Å². The van der Waals surface area contributed by atoms with Crippen LogP contribution in [0.2, 0.25) is 0 Å². The Kier molecular flexibility index (Phi) is 4.58. The van der Waals surface area contributed by atoms with Crippen molar-refractivity contribution in [2.24, 2.45) is 0 Å². The lowest BCUT2D eigenvalue weighted by Crippen LogP contribution is -2.20. The minimum absolute atomic E-state index is 0.0798. The number of esters is 1. The lowest BCUT2D eigenvalue weighted by Gasteiger charge is -2.10. The summed E-state index contributed by atoms with van der Waals surface area (Å²) >= 11 is 0. The van der Waals surface area contributed by atoms with Gasteiger partial charge in [-0.05, 0) is 38.1 Å². The second-order valence-electron chi connectivity index (χ2n) is 3.97. The maximum absolute atomic E-state index is 12.3. The molecule has 6 heteroatoms. The third kappa shape index (κ3) is 4.65. The normalized spacial score (nSPS) is 11.4. The number of alkyl halides is 3. The molecule has 1 rings (SSSR count). The first kappa shape index (κ1) is 14.3. The van der Waals surface area contributed by atoms with Gasteiger partial charge in [-0.2, -0.15) is 13.2 Å². The molecule has 1 aromatic rings. The highest BCUT2D eigenvalue weighted by atomic mass is 19.4. The van der Waals surface area contributed by atoms with Crippen LogP contribution >= 0.6 is 0 Å². The number of rotatable bonds is 4. The number of hydrogen-bond donors (Lipinski definition) is 1. The van der Waals surface area contributed by atoms with E-state index in [0.717, 1.165) is 12.1 Å². The van der Waals surface area contributed by atoms with Crippen molar-refractivity contribution in [2.45, 2.75) is 26.1 Å². The number of ether oxygens (including phenoxy) is 1. The second-order valence-corrected chi connectivity index (χ2v) is 3.97. The van der Waals surface area contributed by atoms with Crippen molar-refractivity contribution in [3.05, 3.63) is 29.8 Å². The van der Waals surface area contributed by atoms with E-state index >= 15 is 0 Å². The summed E-state index contributed by atoms with van der Waals surface area (Å²) in [7, 11) is 0. The predicted molar refractivity (Wildman–Crippen MR) is 61.2 cm³/mol. The molecule has 0 fully saturated rings. The molecule has 100 valence electrons. The van der Waals surface area contributed by atoms with E-state index in [-0.39, 0.29) is 12.6 Å². The quantitative estimate of drug-likeness (QED) is 0.846. The molecule has 0 aliphatic carbocycles. The van der Waals surface area contributed by atoms with Gasteiger partial charge in [-0.15, -0.1) is 0 Å². The standard InChI is InChI=1S/C12H14F3NO2/c1-8(2)18-11(17)7-16-10-5-3-9(4-6-10)12(13,14)15/h3-6,8,16H,7H2,1-2H3. The van der Waals surface area contributed by atoms with Crippen LogP contribution in [-0.2, 0) is 15.7 Å². The van der Waals surface area contributed by atoms with Gasteiger partial charge in [0.25, 0.3) is 0 Å². The van der Waals surface area contributed by atoms with Gasteiger partial charge < -0.3 is 10.1 Å². The SMILES string of the molecule is CC(C)OC(=O)CNc1ccc(C(F)(F)F)cc1. The highest BCUT2D eigenvalue weighted by Crippen LogP contribution is 2.29. The summed E-state index contributed by atoms with van der Waals surface area (Å²) in [5, 5.41) is 2.69. The fourth-order valence-corrected chi connectivity index (χ4v) is 1.26. The third-order valence-corrected chi connectivity index (χ3v) is 2.02. The summed E-state index contributed by atoms with van der Waals surface area (Å²) in [6.45, 7) is 3.36. The smallest absolute Gasteiger partial charge is 0.416 e. The van der Waals surface area contributed by atoms with E-state index in [1.807, 2.05) is 0 Å². The monoisotopic (exact) mass is 261 g/mol. The summed E-state index contributed by atoms with van der Waals surface area (Å²) in [5.74, 6) is -0.454. The molecule has 0 spiro atoms. The maximum Gasteiger partial charge on any atom is 0.416 e. The number of anilines is 1. The van der Waals surface area contributed by atoms with Gasteiger partial charge in [0.15, 0.2) is 0 Å². The molecule has 0 radical (unpaired) electrons. The summed E-state index contributed by atoms with van der Waals surface area (Å²) < 4.78 is 41.7. The van der Waals surface area contributed by atoms with Crippen LogP contribution in [0.5, 0.6) is 0 Å². The van der Waals surface area contributed by atoms with Crippen molar-refractivity contribution in [3.63, 3.8) is 0 Å². The minimum Gasteiger partial charge on any atom is -0.462 e. The molecular weight excluding hydrogens is 247 g/mol. The number of carbonyl (C=O) groups excluding carboxylic acids is 1. The zero-order valence-electron chi connectivity index (χ0n) is 10.0. The van der Waals surface area contributed by atoms with Crippen molar-refractivity contribution in [2.75, 3.05) is 11.9 Å². The van der Waals surface area contributed by atoms with Gasteiger partial charge in [0.05, 0.1) is 11.7 Å². The molecule has 0 atom stereocenters. The third-order valence-electron chi connectivity index (χ3n) is 2.02. The van der Waals surface area contributed by atoms with Gasteiger partial charge in [-0.3, -0.25) is 4.79 Å². The van der Waals surface area contributed by atoms with Crippen LogP contribution in [0.3, 0.4) is 0 Å². The molecule has 1 aromatic carbocycles. The Balaban J connectivity index is 2.52. The Morgan fingerprint density at radius 1 is 1.28 bits per heavy atom. The predicted octanol–water partition coefficient (Wildman–Crippen LogP) is 3.07. The number of halogens is 3. The summed E-state index contributed by atoms with van der Waals surface area (Å²) in [6, 6.07) is 4.45. The van der Waals surface area contributed by atoms with Crippen LogP contribution < -0.4 is 5.32 Å². The Labute approximate surface area is 103 Å². The molecule has 0 amide bonds. The van der Waals surface area contributed by atoms with E-state index in [4.69, 9.17) is 4.74 Å². The van der Waals surface area contributed by atoms with Crippen molar-refractivity contribution in [3.8, 4) is 0 Å². The van der Waals surface area contributed by atoms with Crippen molar-refractivity contribution < 1.29 is 22.7 Å². The molecule has 0 unspecified atom stereocenters. The van der Waals surface area contributed by atoms with E-state index in [1.165, 1.54) is 12.1 Å². The summed E-state index contributed by atoms with van der Waals surface area (Å²) in [4.78, 5) is 11.2. The van der Waals surface area contributed by atoms with E-state index < -0.39 is 17.7 Å². The molecule has 18 heavy (non-hydrogen) atoms. The van der Waals surface area contributed by atoms with Crippen LogP contribution in [0.25, 0.3) is 0 Å². The topological polar surface area (TPSA) is 38.3 Å². The lowest BCUT2D eigenvalue weighted by atomic mass is 10.2. The van der Waals surface area contributed by atoms with Gasteiger partial charge in [0.1, 0.15) is 6.54 Å². The molecule has 0 aromatic heterocycles. The average molecular weight is 261 g/mol.